The lowest BCUT2D eigenvalue weighted by Gasteiger charge is -2.13. The molecule has 0 radical (unpaired) electrons. The SMILES string of the molecule is O=C1C(=Cc2ccc(F)cc2)SC(=S)N1c1ccccc1. The second-order valence-corrected chi connectivity index (χ2v) is 6.08. The van der Waals surface area contributed by atoms with Gasteiger partial charge in [0, 0.05) is 0 Å². The number of halogens is 1. The van der Waals surface area contributed by atoms with Crippen LogP contribution < -0.4 is 4.90 Å². The quantitative estimate of drug-likeness (QED) is 0.611. The zero-order chi connectivity index (χ0) is 14.8. The maximum atomic E-state index is 12.9. The first-order valence-corrected chi connectivity index (χ1v) is 7.46. The fourth-order valence-electron chi connectivity index (χ4n) is 1.98. The number of carbonyl (C=O) groups is 1. The van der Waals surface area contributed by atoms with E-state index in [0.717, 1.165) is 11.3 Å². The van der Waals surface area contributed by atoms with Gasteiger partial charge in [-0.25, -0.2) is 4.39 Å². The third kappa shape index (κ3) is 2.89. The Morgan fingerprint density at radius 1 is 1.05 bits per heavy atom. The molecular formula is C16H10FNOS2. The number of hydrogen-bond donors (Lipinski definition) is 0. The fraction of sp³-hybridized carbons (Fsp3) is 0. The van der Waals surface area contributed by atoms with Gasteiger partial charge in [-0.15, -0.1) is 0 Å². The van der Waals surface area contributed by atoms with Crippen LogP contribution in [0.1, 0.15) is 5.56 Å². The molecule has 0 aromatic heterocycles. The number of para-hydroxylation sites is 1. The van der Waals surface area contributed by atoms with Crippen LogP contribution in [0.2, 0.25) is 0 Å². The highest BCUT2D eigenvalue weighted by Crippen LogP contribution is 2.35. The largest absolute Gasteiger partial charge is 0.270 e. The molecular weight excluding hydrogens is 305 g/mol. The van der Waals surface area contributed by atoms with Crippen LogP contribution in [0.3, 0.4) is 0 Å². The van der Waals surface area contributed by atoms with Crippen molar-refractivity contribution in [3.05, 3.63) is 70.9 Å². The summed E-state index contributed by atoms with van der Waals surface area (Å²) in [5.74, 6) is -0.454. The van der Waals surface area contributed by atoms with Gasteiger partial charge in [-0.1, -0.05) is 54.3 Å². The zero-order valence-electron chi connectivity index (χ0n) is 10.8. The molecule has 1 amide bonds. The molecule has 1 saturated heterocycles. The van der Waals surface area contributed by atoms with E-state index in [1.165, 1.54) is 28.8 Å². The molecule has 104 valence electrons. The summed E-state index contributed by atoms with van der Waals surface area (Å²) in [6, 6.07) is 15.3. The molecule has 0 atom stereocenters. The molecule has 1 heterocycles. The highest BCUT2D eigenvalue weighted by atomic mass is 32.2. The summed E-state index contributed by atoms with van der Waals surface area (Å²) in [5.41, 5.74) is 1.52. The highest BCUT2D eigenvalue weighted by molar-refractivity contribution is 8.27. The molecule has 1 aliphatic heterocycles. The first-order chi connectivity index (χ1) is 10.1. The minimum atomic E-state index is -0.302. The molecule has 1 fully saturated rings. The molecule has 0 bridgehead atoms. The van der Waals surface area contributed by atoms with E-state index < -0.39 is 0 Å². The third-order valence-electron chi connectivity index (χ3n) is 2.98. The Morgan fingerprint density at radius 2 is 1.71 bits per heavy atom. The summed E-state index contributed by atoms with van der Waals surface area (Å²) in [4.78, 5) is 14.5. The maximum Gasteiger partial charge on any atom is 0.270 e. The minimum Gasteiger partial charge on any atom is -0.268 e. The van der Waals surface area contributed by atoms with Gasteiger partial charge in [0.05, 0.1) is 10.6 Å². The van der Waals surface area contributed by atoms with Crippen molar-refractivity contribution in [2.75, 3.05) is 4.90 Å². The van der Waals surface area contributed by atoms with Gasteiger partial charge in [0.15, 0.2) is 4.32 Å². The van der Waals surface area contributed by atoms with E-state index >= 15 is 0 Å². The molecule has 0 aliphatic carbocycles. The monoisotopic (exact) mass is 315 g/mol. The van der Waals surface area contributed by atoms with Crippen molar-refractivity contribution in [3.63, 3.8) is 0 Å². The molecule has 0 N–H and O–H groups in total. The molecule has 0 saturated carbocycles. The van der Waals surface area contributed by atoms with Crippen molar-refractivity contribution in [1.29, 1.82) is 0 Å². The first-order valence-electron chi connectivity index (χ1n) is 6.24. The van der Waals surface area contributed by atoms with Crippen molar-refractivity contribution in [3.8, 4) is 0 Å². The van der Waals surface area contributed by atoms with E-state index in [0.29, 0.717) is 9.23 Å². The Hall–Kier alpha value is -1.98. The molecule has 1 aliphatic rings. The van der Waals surface area contributed by atoms with Crippen LogP contribution in [0.4, 0.5) is 10.1 Å². The maximum absolute atomic E-state index is 12.9. The summed E-state index contributed by atoms with van der Waals surface area (Å²) in [5, 5.41) is 0. The third-order valence-corrected chi connectivity index (χ3v) is 4.28. The van der Waals surface area contributed by atoms with Crippen molar-refractivity contribution in [2.24, 2.45) is 0 Å². The molecule has 3 rings (SSSR count). The van der Waals surface area contributed by atoms with E-state index in [1.807, 2.05) is 30.3 Å². The molecule has 5 heteroatoms. The van der Waals surface area contributed by atoms with Gasteiger partial charge in [-0.3, -0.25) is 9.69 Å². The number of amides is 1. The topological polar surface area (TPSA) is 20.3 Å². The van der Waals surface area contributed by atoms with Crippen LogP contribution in [-0.4, -0.2) is 10.2 Å². The lowest BCUT2D eigenvalue weighted by atomic mass is 10.2. The van der Waals surface area contributed by atoms with Crippen LogP contribution in [-0.2, 0) is 4.79 Å². The summed E-state index contributed by atoms with van der Waals surface area (Å²) < 4.78 is 13.4. The average Bonchev–Trinajstić information content (AvgIpc) is 2.77. The van der Waals surface area contributed by atoms with Gasteiger partial charge < -0.3 is 0 Å². The Balaban J connectivity index is 1.92. The summed E-state index contributed by atoms with van der Waals surface area (Å²) >= 11 is 6.53. The lowest BCUT2D eigenvalue weighted by molar-refractivity contribution is -0.113. The number of thiocarbonyl (C=S) groups is 1. The highest BCUT2D eigenvalue weighted by Gasteiger charge is 2.33. The smallest absolute Gasteiger partial charge is 0.268 e. The Labute approximate surface area is 131 Å². The van der Waals surface area contributed by atoms with Gasteiger partial charge in [0.25, 0.3) is 5.91 Å². The van der Waals surface area contributed by atoms with Gasteiger partial charge in [-0.05, 0) is 35.9 Å². The fourth-order valence-corrected chi connectivity index (χ4v) is 3.28. The van der Waals surface area contributed by atoms with E-state index in [1.54, 1.807) is 18.2 Å². The predicted molar refractivity (Wildman–Crippen MR) is 88.5 cm³/mol. The first kappa shape index (κ1) is 14.0. The van der Waals surface area contributed by atoms with Gasteiger partial charge >= 0.3 is 0 Å². The van der Waals surface area contributed by atoms with Crippen molar-refractivity contribution < 1.29 is 9.18 Å². The molecule has 2 aromatic rings. The van der Waals surface area contributed by atoms with Crippen LogP contribution in [0.25, 0.3) is 6.08 Å². The summed E-state index contributed by atoms with van der Waals surface area (Å²) in [6.45, 7) is 0. The predicted octanol–water partition coefficient (Wildman–Crippen LogP) is 4.23. The van der Waals surface area contributed by atoms with E-state index in [4.69, 9.17) is 12.2 Å². The normalized spacial score (nSPS) is 16.8. The number of anilines is 1. The van der Waals surface area contributed by atoms with Crippen molar-refractivity contribution in [2.45, 2.75) is 0 Å². The molecule has 21 heavy (non-hydrogen) atoms. The molecule has 0 unspecified atom stereocenters. The van der Waals surface area contributed by atoms with E-state index in [2.05, 4.69) is 0 Å². The minimum absolute atomic E-state index is 0.152. The van der Waals surface area contributed by atoms with Crippen molar-refractivity contribution >= 4 is 46.0 Å². The van der Waals surface area contributed by atoms with Crippen LogP contribution >= 0.6 is 24.0 Å². The van der Waals surface area contributed by atoms with Crippen LogP contribution in [0, 0.1) is 5.82 Å². The second kappa shape index (κ2) is 5.79. The molecule has 2 aromatic carbocycles. The van der Waals surface area contributed by atoms with Crippen LogP contribution in [0.5, 0.6) is 0 Å². The van der Waals surface area contributed by atoms with Gasteiger partial charge in [0.1, 0.15) is 5.82 Å². The average molecular weight is 315 g/mol. The standard InChI is InChI=1S/C16H10FNOS2/c17-12-8-6-11(7-9-12)10-14-15(19)18(16(20)21-14)13-4-2-1-3-5-13/h1-10H. The number of hydrogen-bond acceptors (Lipinski definition) is 3. The lowest BCUT2D eigenvalue weighted by Crippen LogP contribution is -2.27. The molecule has 2 nitrogen and oxygen atoms in total. The Morgan fingerprint density at radius 3 is 2.38 bits per heavy atom. The Kier molecular flexibility index (Phi) is 3.86. The summed E-state index contributed by atoms with van der Waals surface area (Å²) in [7, 11) is 0. The number of carbonyl (C=O) groups excluding carboxylic acids is 1. The second-order valence-electron chi connectivity index (χ2n) is 4.40. The van der Waals surface area contributed by atoms with E-state index in [9.17, 15) is 9.18 Å². The number of rotatable bonds is 2. The number of thioether (sulfide) groups is 1. The zero-order valence-corrected chi connectivity index (χ0v) is 12.5. The van der Waals surface area contributed by atoms with Gasteiger partial charge in [0.2, 0.25) is 0 Å². The molecule has 0 spiro atoms. The number of nitrogens with zero attached hydrogens (tertiary/aromatic N) is 1. The Bertz CT molecular complexity index is 726. The number of benzene rings is 2. The van der Waals surface area contributed by atoms with Gasteiger partial charge in [-0.2, -0.15) is 0 Å². The van der Waals surface area contributed by atoms with Crippen LogP contribution in [0.15, 0.2) is 59.5 Å². The van der Waals surface area contributed by atoms with E-state index in [-0.39, 0.29) is 11.7 Å². The van der Waals surface area contributed by atoms with Crippen molar-refractivity contribution in [1.82, 2.24) is 0 Å². The summed E-state index contributed by atoms with van der Waals surface area (Å²) in [6.07, 6.45) is 1.72.